The third kappa shape index (κ3) is 4.20. The first kappa shape index (κ1) is 13.7. The highest BCUT2D eigenvalue weighted by molar-refractivity contribution is 6.34. The van der Waals surface area contributed by atoms with E-state index in [2.05, 4.69) is 10.3 Å². The number of rotatable bonds is 4. The van der Waals surface area contributed by atoms with Gasteiger partial charge in [-0.15, -0.1) is 0 Å². The predicted molar refractivity (Wildman–Crippen MR) is 65.0 cm³/mol. The lowest BCUT2D eigenvalue weighted by Crippen LogP contribution is -2.36. The molecule has 7 heteroatoms. The molecule has 1 heterocycles. The van der Waals surface area contributed by atoms with Crippen LogP contribution in [0, 0.1) is 0 Å². The average molecular weight is 276 g/mol. The fourth-order valence-electron chi connectivity index (χ4n) is 1.22. The van der Waals surface area contributed by atoms with Crippen molar-refractivity contribution in [2.75, 3.05) is 0 Å². The third-order valence-corrected chi connectivity index (χ3v) is 2.43. The first-order valence-electron chi connectivity index (χ1n) is 4.81. The van der Waals surface area contributed by atoms with E-state index in [1.807, 2.05) is 0 Å². The number of primary amides is 1. The molecule has 0 bridgehead atoms. The van der Waals surface area contributed by atoms with Gasteiger partial charge in [0.2, 0.25) is 5.91 Å². The van der Waals surface area contributed by atoms with E-state index >= 15 is 0 Å². The molecule has 0 aliphatic carbocycles. The number of nitrogens with one attached hydrogen (secondary N) is 1. The van der Waals surface area contributed by atoms with Gasteiger partial charge in [0.05, 0.1) is 5.02 Å². The second-order valence-corrected chi connectivity index (χ2v) is 4.30. The van der Waals surface area contributed by atoms with Gasteiger partial charge in [-0.3, -0.25) is 9.59 Å². The number of carbonyl (C=O) groups is 2. The molecule has 1 aromatic heterocycles. The number of amides is 2. The summed E-state index contributed by atoms with van der Waals surface area (Å²) < 4.78 is 0. The maximum absolute atomic E-state index is 11.7. The van der Waals surface area contributed by atoms with Crippen LogP contribution in [0.15, 0.2) is 12.1 Å². The highest BCUT2D eigenvalue weighted by Gasteiger charge is 2.16. The third-order valence-electron chi connectivity index (χ3n) is 1.91. The number of aromatic nitrogens is 1. The van der Waals surface area contributed by atoms with Crippen molar-refractivity contribution in [3.8, 4) is 0 Å². The monoisotopic (exact) mass is 275 g/mol. The van der Waals surface area contributed by atoms with Crippen LogP contribution in [0.3, 0.4) is 0 Å². The largest absolute Gasteiger partial charge is 0.370 e. The lowest BCUT2D eigenvalue weighted by Gasteiger charge is -2.12. The van der Waals surface area contributed by atoms with Gasteiger partial charge in [0.1, 0.15) is 10.8 Å². The minimum absolute atomic E-state index is 0.0236. The van der Waals surface area contributed by atoms with Crippen molar-refractivity contribution >= 4 is 35.0 Å². The maximum atomic E-state index is 11.7. The van der Waals surface area contributed by atoms with Gasteiger partial charge in [-0.05, 0) is 19.1 Å². The molecule has 0 aromatic carbocycles. The van der Waals surface area contributed by atoms with Crippen molar-refractivity contribution in [2.24, 2.45) is 5.73 Å². The normalized spacial score (nSPS) is 11.9. The molecule has 5 nitrogen and oxygen atoms in total. The zero-order valence-electron chi connectivity index (χ0n) is 9.04. The Hall–Kier alpha value is -1.33. The summed E-state index contributed by atoms with van der Waals surface area (Å²) in [5, 5.41) is 2.91. The molecular formula is C10H11Cl2N3O2. The molecule has 0 aliphatic heterocycles. The second kappa shape index (κ2) is 5.84. The van der Waals surface area contributed by atoms with Crippen molar-refractivity contribution < 1.29 is 9.59 Å². The van der Waals surface area contributed by atoms with Crippen LogP contribution in [0.4, 0.5) is 0 Å². The molecule has 92 valence electrons. The summed E-state index contributed by atoms with van der Waals surface area (Å²) in [6.45, 7) is 1.65. The Labute approximate surface area is 108 Å². The summed E-state index contributed by atoms with van der Waals surface area (Å²) in [4.78, 5) is 26.2. The van der Waals surface area contributed by atoms with E-state index in [9.17, 15) is 9.59 Å². The number of nitrogens with zero attached hydrogens (tertiary/aromatic N) is 1. The standard InChI is InChI=1S/C10H11Cl2N3O2/c1-5(4-8(13)16)14-10(17)9-6(11)2-3-7(12)15-9/h2-3,5H,4H2,1H3,(H2,13,16)(H,14,17). The molecule has 3 N–H and O–H groups in total. The van der Waals surface area contributed by atoms with Crippen LogP contribution in [-0.2, 0) is 4.79 Å². The van der Waals surface area contributed by atoms with Crippen LogP contribution in [0.2, 0.25) is 10.2 Å². The zero-order chi connectivity index (χ0) is 13.0. The summed E-state index contributed by atoms with van der Waals surface area (Å²) in [6.07, 6.45) is 0.0456. The van der Waals surface area contributed by atoms with Gasteiger partial charge < -0.3 is 11.1 Å². The van der Waals surface area contributed by atoms with Crippen molar-refractivity contribution in [1.29, 1.82) is 0 Å². The van der Waals surface area contributed by atoms with Crippen molar-refractivity contribution in [1.82, 2.24) is 10.3 Å². The lowest BCUT2D eigenvalue weighted by molar-refractivity contribution is -0.118. The summed E-state index contributed by atoms with van der Waals surface area (Å²) in [5.41, 5.74) is 5.03. The Morgan fingerprint density at radius 1 is 1.47 bits per heavy atom. The number of pyridine rings is 1. The zero-order valence-corrected chi connectivity index (χ0v) is 10.5. The first-order valence-corrected chi connectivity index (χ1v) is 5.57. The van der Waals surface area contributed by atoms with Crippen molar-refractivity contribution in [3.63, 3.8) is 0 Å². The molecular weight excluding hydrogens is 265 g/mol. The predicted octanol–water partition coefficient (Wildman–Crippen LogP) is 1.38. The van der Waals surface area contributed by atoms with Gasteiger partial charge in [-0.2, -0.15) is 0 Å². The molecule has 1 rings (SSSR count). The van der Waals surface area contributed by atoms with Crippen LogP contribution >= 0.6 is 23.2 Å². The maximum Gasteiger partial charge on any atom is 0.271 e. The highest BCUT2D eigenvalue weighted by atomic mass is 35.5. The van der Waals surface area contributed by atoms with Crippen molar-refractivity contribution in [2.45, 2.75) is 19.4 Å². The van der Waals surface area contributed by atoms with E-state index in [4.69, 9.17) is 28.9 Å². The molecule has 1 atom stereocenters. The number of carbonyl (C=O) groups excluding carboxylic acids is 2. The number of halogens is 2. The fourth-order valence-corrected chi connectivity index (χ4v) is 1.56. The Balaban J connectivity index is 2.76. The fraction of sp³-hybridized carbons (Fsp3) is 0.300. The topological polar surface area (TPSA) is 85.1 Å². The van der Waals surface area contributed by atoms with E-state index < -0.39 is 17.9 Å². The van der Waals surface area contributed by atoms with Crippen LogP contribution in [0.5, 0.6) is 0 Å². The smallest absolute Gasteiger partial charge is 0.271 e. The molecule has 17 heavy (non-hydrogen) atoms. The highest BCUT2D eigenvalue weighted by Crippen LogP contribution is 2.16. The summed E-state index contributed by atoms with van der Waals surface area (Å²) >= 11 is 11.5. The minimum Gasteiger partial charge on any atom is -0.370 e. The van der Waals surface area contributed by atoms with Crippen LogP contribution in [0.1, 0.15) is 23.8 Å². The quantitative estimate of drug-likeness (QED) is 0.815. The molecule has 1 unspecified atom stereocenters. The Morgan fingerprint density at radius 3 is 2.71 bits per heavy atom. The number of hydrogen-bond acceptors (Lipinski definition) is 3. The minimum atomic E-state index is -0.497. The summed E-state index contributed by atoms with van der Waals surface area (Å²) in [5.74, 6) is -0.991. The summed E-state index contributed by atoms with van der Waals surface area (Å²) in [7, 11) is 0. The summed E-state index contributed by atoms with van der Waals surface area (Å²) in [6, 6.07) is 2.56. The first-order chi connectivity index (χ1) is 7.90. The van der Waals surface area contributed by atoms with E-state index in [-0.39, 0.29) is 22.3 Å². The molecule has 0 spiro atoms. The Morgan fingerprint density at radius 2 is 2.12 bits per heavy atom. The SMILES string of the molecule is CC(CC(N)=O)NC(=O)c1nc(Cl)ccc1Cl. The van der Waals surface area contributed by atoms with Gasteiger partial charge in [0.25, 0.3) is 5.91 Å². The molecule has 0 fully saturated rings. The molecule has 2 amide bonds. The van der Waals surface area contributed by atoms with Crippen LogP contribution in [0.25, 0.3) is 0 Å². The Kier molecular flexibility index (Phi) is 4.72. The number of hydrogen-bond donors (Lipinski definition) is 2. The molecule has 0 radical (unpaired) electrons. The Bertz CT molecular complexity index is 451. The van der Waals surface area contributed by atoms with Crippen LogP contribution < -0.4 is 11.1 Å². The van der Waals surface area contributed by atoms with Gasteiger partial charge in [-0.25, -0.2) is 4.98 Å². The van der Waals surface area contributed by atoms with Gasteiger partial charge in [-0.1, -0.05) is 23.2 Å². The molecule has 0 saturated carbocycles. The van der Waals surface area contributed by atoms with Gasteiger partial charge in [0.15, 0.2) is 0 Å². The van der Waals surface area contributed by atoms with Gasteiger partial charge in [0, 0.05) is 12.5 Å². The molecule has 0 aliphatic rings. The van der Waals surface area contributed by atoms with Gasteiger partial charge >= 0.3 is 0 Å². The van der Waals surface area contributed by atoms with E-state index in [0.717, 1.165) is 0 Å². The van der Waals surface area contributed by atoms with Crippen molar-refractivity contribution in [3.05, 3.63) is 28.0 Å². The second-order valence-electron chi connectivity index (χ2n) is 3.51. The number of nitrogens with two attached hydrogens (primary N) is 1. The van der Waals surface area contributed by atoms with Crippen LogP contribution in [-0.4, -0.2) is 22.8 Å². The van der Waals surface area contributed by atoms with E-state index in [0.29, 0.717) is 0 Å². The lowest BCUT2D eigenvalue weighted by atomic mass is 10.2. The molecule has 0 saturated heterocycles. The average Bonchev–Trinajstić information content (AvgIpc) is 2.20. The van der Waals surface area contributed by atoms with E-state index in [1.54, 1.807) is 6.92 Å². The van der Waals surface area contributed by atoms with E-state index in [1.165, 1.54) is 12.1 Å². The molecule has 1 aromatic rings.